The summed E-state index contributed by atoms with van der Waals surface area (Å²) in [6.07, 6.45) is 0.184. The van der Waals surface area contributed by atoms with Crippen LogP contribution in [0.25, 0.3) is 0 Å². The quantitative estimate of drug-likeness (QED) is 0.647. The number of phenolic OH excluding ortho intramolecular Hbond substituents is 1. The summed E-state index contributed by atoms with van der Waals surface area (Å²) in [6, 6.07) is 5.42. The second kappa shape index (κ2) is 6.50. The molecule has 0 bridgehead atoms. The van der Waals surface area contributed by atoms with Crippen molar-refractivity contribution in [3.05, 3.63) is 43.9 Å². The van der Waals surface area contributed by atoms with E-state index in [-0.39, 0.29) is 34.0 Å². The molecule has 0 radical (unpaired) electrons. The van der Waals surface area contributed by atoms with Gasteiger partial charge in [0.25, 0.3) is 0 Å². The third-order valence-electron chi connectivity index (χ3n) is 4.61. The molecule has 1 aliphatic heterocycles. The average molecular weight is 466 g/mol. The van der Waals surface area contributed by atoms with Crippen molar-refractivity contribution in [3.63, 3.8) is 0 Å². The Labute approximate surface area is 165 Å². The Morgan fingerprint density at radius 3 is 2.73 bits per heavy atom. The Kier molecular flexibility index (Phi) is 4.65. The van der Waals surface area contributed by atoms with Crippen LogP contribution in [0.2, 0.25) is 0 Å². The van der Waals surface area contributed by atoms with Crippen LogP contribution < -0.4 is 10.5 Å². The maximum Gasteiger partial charge on any atom is 0.171 e. The predicted octanol–water partition coefficient (Wildman–Crippen LogP) is 3.46. The third kappa shape index (κ3) is 3.03. The van der Waals surface area contributed by atoms with Crippen LogP contribution >= 0.6 is 22.6 Å². The molecule has 0 amide bonds. The Morgan fingerprint density at radius 2 is 2.12 bits per heavy atom. The number of carbonyl (C=O) groups is 1. The van der Waals surface area contributed by atoms with Gasteiger partial charge in [-0.3, -0.25) is 4.79 Å². The van der Waals surface area contributed by atoms with Crippen LogP contribution in [-0.2, 0) is 9.53 Å². The minimum atomic E-state index is -0.747. The Morgan fingerprint density at radius 1 is 1.42 bits per heavy atom. The predicted molar refractivity (Wildman–Crippen MR) is 103 cm³/mol. The molecule has 2 aliphatic rings. The third-order valence-corrected chi connectivity index (χ3v) is 5.43. The highest BCUT2D eigenvalue weighted by Gasteiger charge is 2.41. The van der Waals surface area contributed by atoms with Gasteiger partial charge in [-0.25, -0.2) is 0 Å². The number of halogens is 1. The number of aromatic hydroxyl groups is 1. The smallest absolute Gasteiger partial charge is 0.171 e. The summed E-state index contributed by atoms with van der Waals surface area (Å²) in [7, 11) is 1.45. The number of carbonyl (C=O) groups excluding carboxylic acids is 1. The van der Waals surface area contributed by atoms with Gasteiger partial charge in [0.1, 0.15) is 11.8 Å². The molecule has 3 rings (SSSR count). The topological polar surface area (TPSA) is 106 Å². The van der Waals surface area contributed by atoms with Gasteiger partial charge >= 0.3 is 0 Å². The number of allylic oxidation sites excluding steroid dienone is 2. The lowest BCUT2D eigenvalue weighted by Gasteiger charge is -2.37. The van der Waals surface area contributed by atoms with Crippen molar-refractivity contribution >= 4 is 28.4 Å². The Bertz CT molecular complexity index is 909. The van der Waals surface area contributed by atoms with Gasteiger partial charge in [-0.15, -0.1) is 0 Å². The molecule has 0 saturated heterocycles. The van der Waals surface area contributed by atoms with Crippen LogP contribution in [0.5, 0.6) is 11.5 Å². The fourth-order valence-corrected chi connectivity index (χ4v) is 4.02. The first-order valence-electron chi connectivity index (χ1n) is 8.08. The molecule has 1 aromatic carbocycles. The molecule has 0 fully saturated rings. The molecule has 1 aromatic rings. The van der Waals surface area contributed by atoms with Crippen molar-refractivity contribution in [3.8, 4) is 17.6 Å². The molecule has 136 valence electrons. The van der Waals surface area contributed by atoms with Gasteiger partial charge in [0.15, 0.2) is 23.4 Å². The van der Waals surface area contributed by atoms with Crippen LogP contribution in [0.1, 0.15) is 38.4 Å². The number of nitrogens with zero attached hydrogens (tertiary/aromatic N) is 1. The lowest BCUT2D eigenvalue weighted by Crippen LogP contribution is -2.33. The van der Waals surface area contributed by atoms with Crippen LogP contribution in [0.4, 0.5) is 0 Å². The van der Waals surface area contributed by atoms with Gasteiger partial charge in [-0.2, -0.15) is 5.26 Å². The molecule has 1 atom stereocenters. The van der Waals surface area contributed by atoms with E-state index in [9.17, 15) is 15.2 Å². The molecular weight excluding hydrogens is 447 g/mol. The van der Waals surface area contributed by atoms with Crippen molar-refractivity contribution in [2.24, 2.45) is 11.1 Å². The van der Waals surface area contributed by atoms with E-state index in [4.69, 9.17) is 15.2 Å². The van der Waals surface area contributed by atoms with E-state index >= 15 is 0 Å². The molecule has 0 aromatic heterocycles. The maximum absolute atomic E-state index is 12.5. The number of phenols is 1. The Hall–Kier alpha value is -2.21. The second-order valence-corrected chi connectivity index (χ2v) is 8.39. The van der Waals surface area contributed by atoms with Crippen molar-refractivity contribution in [2.75, 3.05) is 7.11 Å². The van der Waals surface area contributed by atoms with Gasteiger partial charge in [0.2, 0.25) is 0 Å². The number of benzene rings is 1. The first-order chi connectivity index (χ1) is 12.2. The monoisotopic (exact) mass is 466 g/mol. The molecular formula is C19H19IN2O4. The highest BCUT2D eigenvalue weighted by Crippen LogP contribution is 2.47. The van der Waals surface area contributed by atoms with Gasteiger partial charge in [-0.1, -0.05) is 13.8 Å². The van der Waals surface area contributed by atoms with Gasteiger partial charge in [0.05, 0.1) is 27.5 Å². The van der Waals surface area contributed by atoms with E-state index in [0.29, 0.717) is 33.3 Å². The summed E-state index contributed by atoms with van der Waals surface area (Å²) in [6.45, 7) is 4.00. The number of rotatable bonds is 2. The number of Topliss-reactive ketones (excluding diaryl/α,β-unsaturated/α-hetero) is 1. The van der Waals surface area contributed by atoms with Crippen molar-refractivity contribution < 1.29 is 19.4 Å². The highest BCUT2D eigenvalue weighted by molar-refractivity contribution is 14.1. The van der Waals surface area contributed by atoms with E-state index in [1.165, 1.54) is 7.11 Å². The van der Waals surface area contributed by atoms with E-state index in [1.807, 2.05) is 36.4 Å². The largest absolute Gasteiger partial charge is 0.504 e. The summed E-state index contributed by atoms with van der Waals surface area (Å²) in [5, 5.41) is 19.7. The first kappa shape index (κ1) is 18.6. The average Bonchev–Trinajstić information content (AvgIpc) is 2.55. The van der Waals surface area contributed by atoms with Crippen LogP contribution in [0.15, 0.2) is 34.7 Å². The molecule has 0 spiro atoms. The number of ketones is 1. The molecule has 1 aliphatic carbocycles. The summed E-state index contributed by atoms with van der Waals surface area (Å²) >= 11 is 1.98. The minimum Gasteiger partial charge on any atom is -0.504 e. The molecule has 0 saturated carbocycles. The number of hydrogen-bond acceptors (Lipinski definition) is 6. The van der Waals surface area contributed by atoms with Crippen LogP contribution in [0.3, 0.4) is 0 Å². The fraction of sp³-hybridized carbons (Fsp3) is 0.368. The van der Waals surface area contributed by atoms with Gasteiger partial charge in [0, 0.05) is 18.4 Å². The summed E-state index contributed by atoms with van der Waals surface area (Å²) in [5.41, 5.74) is 7.31. The summed E-state index contributed by atoms with van der Waals surface area (Å²) < 4.78 is 11.9. The number of nitrogens with two attached hydrogens (primary N) is 1. The molecule has 1 unspecified atom stereocenters. The highest BCUT2D eigenvalue weighted by atomic mass is 127. The van der Waals surface area contributed by atoms with E-state index in [2.05, 4.69) is 6.07 Å². The second-order valence-electron chi connectivity index (χ2n) is 7.23. The molecule has 1 heterocycles. The number of methoxy groups -OCH3 is 1. The summed E-state index contributed by atoms with van der Waals surface area (Å²) in [4.78, 5) is 12.5. The zero-order chi connectivity index (χ0) is 19.2. The molecule has 3 N–H and O–H groups in total. The first-order valence-corrected chi connectivity index (χ1v) is 9.16. The van der Waals surface area contributed by atoms with E-state index < -0.39 is 6.10 Å². The zero-order valence-electron chi connectivity index (χ0n) is 14.7. The Balaban J connectivity index is 2.14. The normalized spacial score (nSPS) is 21.8. The molecule has 6 nitrogen and oxygen atoms in total. The SMILES string of the molecule is COc1cc(C2OC3=C(C(=O)CC(C)(C)C3)C(N)=C2C#N)cc(I)c1O. The fourth-order valence-electron chi connectivity index (χ4n) is 3.40. The van der Waals surface area contributed by atoms with Crippen LogP contribution in [0, 0.1) is 20.3 Å². The molecule has 7 heteroatoms. The van der Waals surface area contributed by atoms with Crippen LogP contribution in [-0.4, -0.2) is 18.0 Å². The number of ether oxygens (including phenoxy) is 2. The van der Waals surface area contributed by atoms with Crippen molar-refractivity contribution in [1.82, 2.24) is 0 Å². The minimum absolute atomic E-state index is 0.0250. The number of nitriles is 1. The van der Waals surface area contributed by atoms with Gasteiger partial charge in [-0.05, 0) is 40.1 Å². The lowest BCUT2D eigenvalue weighted by molar-refractivity contribution is -0.118. The van der Waals surface area contributed by atoms with Crippen molar-refractivity contribution in [2.45, 2.75) is 32.8 Å². The zero-order valence-corrected chi connectivity index (χ0v) is 16.9. The van der Waals surface area contributed by atoms with Crippen molar-refractivity contribution in [1.29, 1.82) is 5.26 Å². The molecule has 26 heavy (non-hydrogen) atoms. The number of hydrogen-bond donors (Lipinski definition) is 2. The maximum atomic E-state index is 12.5. The van der Waals surface area contributed by atoms with E-state index in [0.717, 1.165) is 0 Å². The van der Waals surface area contributed by atoms with Gasteiger partial charge < -0.3 is 20.3 Å². The van der Waals surface area contributed by atoms with E-state index in [1.54, 1.807) is 12.1 Å². The standard InChI is InChI=1S/C19H19IN2O4/c1-19(2)6-12(23)15-14(7-19)26-18(10(8-21)16(15)22)9-4-11(20)17(24)13(5-9)25-3/h4-5,18,24H,6-7,22H2,1-3H3. The lowest BCUT2D eigenvalue weighted by atomic mass is 9.74. The summed E-state index contributed by atoms with van der Waals surface area (Å²) in [5.74, 6) is 0.732.